The van der Waals surface area contributed by atoms with Gasteiger partial charge in [-0.25, -0.2) is 0 Å². The zero-order chi connectivity index (χ0) is 43.5. The lowest BCUT2D eigenvalue weighted by Gasteiger charge is -2.34. The van der Waals surface area contributed by atoms with Gasteiger partial charge in [0.1, 0.15) is 0 Å². The number of allylic oxidation sites excluding steroid dienone is 1. The third-order valence-corrected chi connectivity index (χ3v) is 13.8. The van der Waals surface area contributed by atoms with E-state index in [2.05, 4.69) is 266 Å². The Bertz CT molecular complexity index is 3560. The third kappa shape index (κ3) is 5.95. The fourth-order valence-electron chi connectivity index (χ4n) is 11.0. The number of anilines is 2. The van der Waals surface area contributed by atoms with Crippen molar-refractivity contribution in [1.82, 2.24) is 4.57 Å². The second-order valence-electron chi connectivity index (χ2n) is 17.2. The monoisotopic (exact) mass is 830 g/mol. The van der Waals surface area contributed by atoms with E-state index in [-0.39, 0.29) is 0 Å². The molecule has 0 fully saturated rings. The molecule has 308 valence electrons. The van der Waals surface area contributed by atoms with Crippen LogP contribution in [-0.4, -0.2) is 4.57 Å². The number of hydrogen-bond donors (Lipinski definition) is 0. The standard InChI is InChI=1S/C63H46N2/c1-3-59(62-43(2)64(49-25-11-6-12-26-49)61-32-18-16-29-56(61)62)65(60-33-19-30-52-51-27-14-13-20-45(51)36-41-55(52)60)50-38-34-44(35-39-50)46-37-40-54-53-28-15-17-31-57(53)63(58(54)42-46,47-21-7-4-8-22-47)48-23-9-5-10-24-48/h3-42H,1-2H3/b59-3+. The van der Waals surface area contributed by atoms with Gasteiger partial charge in [0, 0.05) is 33.4 Å². The number of rotatable bonds is 8. The fourth-order valence-corrected chi connectivity index (χ4v) is 11.0. The number of para-hydroxylation sites is 2. The van der Waals surface area contributed by atoms with E-state index < -0.39 is 5.41 Å². The molecule has 11 aromatic rings. The van der Waals surface area contributed by atoms with E-state index >= 15 is 0 Å². The summed E-state index contributed by atoms with van der Waals surface area (Å²) in [7, 11) is 0. The van der Waals surface area contributed by atoms with E-state index in [9.17, 15) is 0 Å². The largest absolute Gasteiger partial charge is 0.313 e. The lowest BCUT2D eigenvalue weighted by molar-refractivity contribution is 0.769. The summed E-state index contributed by atoms with van der Waals surface area (Å²) in [6.45, 7) is 4.44. The molecule has 1 aliphatic rings. The molecule has 0 saturated heterocycles. The maximum Gasteiger partial charge on any atom is 0.0713 e. The van der Waals surface area contributed by atoms with Crippen LogP contribution in [0, 0.1) is 6.92 Å². The van der Waals surface area contributed by atoms with E-state index in [0.29, 0.717) is 0 Å². The molecule has 1 aliphatic carbocycles. The van der Waals surface area contributed by atoms with Crippen molar-refractivity contribution in [2.45, 2.75) is 19.3 Å². The van der Waals surface area contributed by atoms with E-state index in [1.165, 1.54) is 88.2 Å². The minimum absolute atomic E-state index is 0.461. The van der Waals surface area contributed by atoms with Gasteiger partial charge < -0.3 is 9.47 Å². The Hall–Kier alpha value is -8.20. The van der Waals surface area contributed by atoms with Gasteiger partial charge in [0.15, 0.2) is 0 Å². The first kappa shape index (κ1) is 38.5. The summed E-state index contributed by atoms with van der Waals surface area (Å²) in [4.78, 5) is 2.49. The zero-order valence-corrected chi connectivity index (χ0v) is 36.5. The van der Waals surface area contributed by atoms with Gasteiger partial charge in [-0.15, -0.1) is 0 Å². The molecule has 1 heterocycles. The van der Waals surface area contributed by atoms with Crippen molar-refractivity contribution in [3.8, 4) is 27.9 Å². The van der Waals surface area contributed by atoms with Gasteiger partial charge in [-0.2, -0.15) is 0 Å². The Morgan fingerprint density at radius 3 is 1.80 bits per heavy atom. The molecule has 1 aromatic heterocycles. The second-order valence-corrected chi connectivity index (χ2v) is 17.2. The summed E-state index contributed by atoms with van der Waals surface area (Å²) < 4.78 is 2.41. The summed E-state index contributed by atoms with van der Waals surface area (Å²) >= 11 is 0. The maximum atomic E-state index is 2.49. The predicted octanol–water partition coefficient (Wildman–Crippen LogP) is 16.5. The average Bonchev–Trinajstić information content (AvgIpc) is 3.84. The van der Waals surface area contributed by atoms with Crippen molar-refractivity contribution in [1.29, 1.82) is 0 Å². The number of nitrogens with zero attached hydrogens (tertiary/aromatic N) is 2. The van der Waals surface area contributed by atoms with Gasteiger partial charge in [0.25, 0.3) is 0 Å². The molecule has 0 atom stereocenters. The van der Waals surface area contributed by atoms with Gasteiger partial charge in [-0.3, -0.25) is 0 Å². The quantitative estimate of drug-likeness (QED) is 0.139. The van der Waals surface area contributed by atoms with Gasteiger partial charge in [-0.05, 0) is 117 Å². The van der Waals surface area contributed by atoms with E-state index in [4.69, 9.17) is 0 Å². The van der Waals surface area contributed by atoms with E-state index in [1.807, 2.05) is 0 Å². The highest BCUT2D eigenvalue weighted by Gasteiger charge is 2.46. The zero-order valence-electron chi connectivity index (χ0n) is 36.5. The van der Waals surface area contributed by atoms with Crippen LogP contribution in [0.2, 0.25) is 0 Å². The molecule has 0 amide bonds. The Kier molecular flexibility index (Phi) is 9.21. The highest BCUT2D eigenvalue weighted by atomic mass is 15.2. The highest BCUT2D eigenvalue weighted by molar-refractivity contribution is 6.14. The van der Waals surface area contributed by atoms with Crippen LogP contribution in [0.15, 0.2) is 243 Å². The molecule has 65 heavy (non-hydrogen) atoms. The van der Waals surface area contributed by atoms with Crippen LogP contribution in [-0.2, 0) is 5.41 Å². The number of benzene rings is 10. The van der Waals surface area contributed by atoms with Gasteiger partial charge in [0.05, 0.1) is 22.3 Å². The van der Waals surface area contributed by atoms with Crippen LogP contribution in [0.4, 0.5) is 11.4 Å². The summed E-state index contributed by atoms with van der Waals surface area (Å²) in [6.07, 6.45) is 2.29. The van der Waals surface area contributed by atoms with E-state index in [0.717, 1.165) is 22.8 Å². The Balaban J connectivity index is 1.05. The molecule has 12 rings (SSSR count). The first-order valence-corrected chi connectivity index (χ1v) is 22.6. The normalized spacial score (nSPS) is 13.0. The Labute approximate surface area is 380 Å². The lowest BCUT2D eigenvalue weighted by Crippen LogP contribution is -2.28. The van der Waals surface area contributed by atoms with Crippen LogP contribution in [0.1, 0.15) is 40.4 Å². The molecule has 0 spiro atoms. The van der Waals surface area contributed by atoms with Crippen molar-refractivity contribution >= 4 is 49.5 Å². The minimum Gasteiger partial charge on any atom is -0.313 e. The van der Waals surface area contributed by atoms with Crippen molar-refractivity contribution in [3.05, 3.63) is 276 Å². The molecule has 0 saturated carbocycles. The number of hydrogen-bond acceptors (Lipinski definition) is 1. The average molecular weight is 831 g/mol. The molecule has 10 aromatic carbocycles. The summed E-state index contributed by atoms with van der Waals surface area (Å²) in [5, 5.41) is 6.15. The van der Waals surface area contributed by atoms with Crippen LogP contribution in [0.5, 0.6) is 0 Å². The maximum absolute atomic E-state index is 2.49. The molecule has 0 aliphatic heterocycles. The first-order valence-electron chi connectivity index (χ1n) is 22.6. The smallest absolute Gasteiger partial charge is 0.0713 e. The third-order valence-electron chi connectivity index (χ3n) is 13.8. The van der Waals surface area contributed by atoms with E-state index in [1.54, 1.807) is 0 Å². The minimum atomic E-state index is -0.461. The molecular weight excluding hydrogens is 785 g/mol. The van der Waals surface area contributed by atoms with Gasteiger partial charge in [0.2, 0.25) is 0 Å². The Morgan fingerprint density at radius 1 is 0.462 bits per heavy atom. The SMILES string of the molecule is C/C=C(\c1c(C)n(-c2ccccc2)c2ccccc12)N(c1ccc(-c2ccc3c(c2)C(c2ccccc2)(c2ccccc2)c2ccccc2-3)cc1)c1cccc2c1ccc1ccccc12. The predicted molar refractivity (Wildman–Crippen MR) is 274 cm³/mol. The van der Waals surface area contributed by atoms with Crippen LogP contribution >= 0.6 is 0 Å². The molecule has 0 bridgehead atoms. The molecule has 0 radical (unpaired) electrons. The fraction of sp³-hybridized carbons (Fsp3) is 0.0476. The molecule has 2 heteroatoms. The number of aromatic nitrogens is 1. The summed E-state index contributed by atoms with van der Waals surface area (Å²) in [6, 6.07) is 87.1. The summed E-state index contributed by atoms with van der Waals surface area (Å²) in [5.41, 5.74) is 17.7. The molecule has 0 unspecified atom stereocenters. The van der Waals surface area contributed by atoms with Crippen molar-refractivity contribution in [2.75, 3.05) is 4.90 Å². The van der Waals surface area contributed by atoms with Crippen LogP contribution in [0.3, 0.4) is 0 Å². The highest BCUT2D eigenvalue weighted by Crippen LogP contribution is 2.57. The molecule has 2 nitrogen and oxygen atoms in total. The van der Waals surface area contributed by atoms with Gasteiger partial charge in [-0.1, -0.05) is 200 Å². The van der Waals surface area contributed by atoms with Crippen molar-refractivity contribution < 1.29 is 0 Å². The topological polar surface area (TPSA) is 8.17 Å². The summed E-state index contributed by atoms with van der Waals surface area (Å²) in [5.74, 6) is 0. The Morgan fingerprint density at radius 2 is 1.06 bits per heavy atom. The van der Waals surface area contributed by atoms with Crippen molar-refractivity contribution in [2.24, 2.45) is 0 Å². The molecule has 0 N–H and O–H groups in total. The van der Waals surface area contributed by atoms with Crippen LogP contribution < -0.4 is 4.90 Å². The lowest BCUT2D eigenvalue weighted by atomic mass is 9.67. The van der Waals surface area contributed by atoms with Crippen LogP contribution in [0.25, 0.3) is 66.1 Å². The number of fused-ring (bicyclic) bond motifs is 7. The first-order chi connectivity index (χ1) is 32.1. The van der Waals surface area contributed by atoms with Gasteiger partial charge >= 0.3 is 0 Å². The second kappa shape index (κ2) is 15.6. The molecular formula is C63H46N2. The van der Waals surface area contributed by atoms with Crippen molar-refractivity contribution in [3.63, 3.8) is 0 Å².